The topological polar surface area (TPSA) is 84.9 Å². The zero-order valence-electron chi connectivity index (χ0n) is 18.9. The molecule has 0 saturated heterocycles. The quantitative estimate of drug-likeness (QED) is 0.412. The lowest BCUT2D eigenvalue weighted by atomic mass is 10.2. The first-order chi connectivity index (χ1) is 16.9. The van der Waals surface area contributed by atoms with E-state index in [2.05, 4.69) is 5.32 Å². The van der Waals surface area contributed by atoms with E-state index in [1.807, 2.05) is 30.3 Å². The molecule has 4 rings (SSSR count). The van der Waals surface area contributed by atoms with Gasteiger partial charge in [0.25, 0.3) is 10.0 Å². The molecule has 35 heavy (non-hydrogen) atoms. The van der Waals surface area contributed by atoms with Crippen LogP contribution in [0.2, 0.25) is 0 Å². The van der Waals surface area contributed by atoms with E-state index in [9.17, 15) is 17.6 Å². The summed E-state index contributed by atoms with van der Waals surface area (Å²) in [7, 11) is -4.16. The molecule has 7 nitrogen and oxygen atoms in total. The van der Waals surface area contributed by atoms with Crippen molar-refractivity contribution in [2.24, 2.45) is 0 Å². The van der Waals surface area contributed by atoms with Crippen molar-refractivity contribution < 1.29 is 27.1 Å². The number of fused-ring (bicyclic) bond motifs is 1. The van der Waals surface area contributed by atoms with Gasteiger partial charge in [-0.15, -0.1) is 0 Å². The van der Waals surface area contributed by atoms with Crippen molar-refractivity contribution in [3.05, 3.63) is 84.2 Å². The molecule has 0 saturated carbocycles. The standard InChI is InChI=1S/C25H25FN2O5S2/c26-20-6-8-21(9-7-20)28(17-25(29)27-12-15-34-18-19-4-2-1-3-5-19)35(30,31)22-10-11-23-24(16-22)33-14-13-32-23/h1-11,16H,12-15,17-18H2,(H,27,29). The SMILES string of the molecule is O=C(CN(c1ccc(F)cc1)S(=O)(=O)c1ccc2c(c1)OCCO2)NCCSCc1ccccc1. The fourth-order valence-electron chi connectivity index (χ4n) is 3.45. The number of hydrogen-bond acceptors (Lipinski definition) is 6. The Morgan fingerprint density at radius 2 is 1.69 bits per heavy atom. The average molecular weight is 517 g/mol. The molecule has 0 aromatic heterocycles. The zero-order valence-corrected chi connectivity index (χ0v) is 20.5. The lowest BCUT2D eigenvalue weighted by Gasteiger charge is -2.25. The second kappa shape index (κ2) is 11.5. The van der Waals surface area contributed by atoms with E-state index in [0.717, 1.165) is 22.2 Å². The maximum absolute atomic E-state index is 13.5. The van der Waals surface area contributed by atoms with Crippen LogP contribution in [0.1, 0.15) is 5.56 Å². The third-order valence-corrected chi connectivity index (χ3v) is 7.98. The van der Waals surface area contributed by atoms with E-state index in [-0.39, 0.29) is 10.6 Å². The molecule has 0 spiro atoms. The minimum Gasteiger partial charge on any atom is -0.486 e. The number of rotatable bonds is 10. The van der Waals surface area contributed by atoms with Crippen molar-refractivity contribution in [1.82, 2.24) is 5.32 Å². The van der Waals surface area contributed by atoms with Crippen LogP contribution in [0, 0.1) is 5.82 Å². The van der Waals surface area contributed by atoms with Crippen molar-refractivity contribution in [1.29, 1.82) is 0 Å². The lowest BCUT2D eigenvalue weighted by molar-refractivity contribution is -0.119. The normalized spacial score (nSPS) is 12.7. The fourth-order valence-corrected chi connectivity index (χ4v) is 5.70. The van der Waals surface area contributed by atoms with Crippen molar-refractivity contribution in [2.45, 2.75) is 10.6 Å². The van der Waals surface area contributed by atoms with Crippen molar-refractivity contribution in [3.8, 4) is 11.5 Å². The molecule has 0 unspecified atom stereocenters. The molecule has 0 aliphatic carbocycles. The first kappa shape index (κ1) is 24.9. The molecule has 10 heteroatoms. The molecule has 1 aliphatic heterocycles. The third kappa shape index (κ3) is 6.46. The van der Waals surface area contributed by atoms with Crippen LogP contribution in [0.5, 0.6) is 11.5 Å². The van der Waals surface area contributed by atoms with Gasteiger partial charge in [0.2, 0.25) is 5.91 Å². The van der Waals surface area contributed by atoms with Crippen molar-refractivity contribution in [3.63, 3.8) is 0 Å². The van der Waals surface area contributed by atoms with Gasteiger partial charge in [-0.05, 0) is 42.0 Å². The van der Waals surface area contributed by atoms with Gasteiger partial charge in [-0.25, -0.2) is 12.8 Å². The Morgan fingerprint density at radius 1 is 0.971 bits per heavy atom. The molecule has 0 atom stereocenters. The number of carbonyl (C=O) groups is 1. The summed E-state index contributed by atoms with van der Waals surface area (Å²) in [5.74, 6) is 1.29. The maximum Gasteiger partial charge on any atom is 0.264 e. The second-order valence-corrected chi connectivity index (χ2v) is 10.6. The summed E-state index contributed by atoms with van der Waals surface area (Å²) in [5, 5.41) is 2.77. The highest BCUT2D eigenvalue weighted by Crippen LogP contribution is 2.34. The molecule has 0 fully saturated rings. The lowest BCUT2D eigenvalue weighted by Crippen LogP contribution is -2.41. The fraction of sp³-hybridized carbons (Fsp3) is 0.240. The van der Waals surface area contributed by atoms with Gasteiger partial charge < -0.3 is 14.8 Å². The van der Waals surface area contributed by atoms with Gasteiger partial charge in [-0.1, -0.05) is 30.3 Å². The summed E-state index contributed by atoms with van der Waals surface area (Å²) in [4.78, 5) is 12.6. The number of amides is 1. The Bertz CT molecular complexity index is 1250. The Labute approximate surface area is 208 Å². The number of halogens is 1. The van der Waals surface area contributed by atoms with Gasteiger partial charge in [0, 0.05) is 24.1 Å². The molecule has 1 N–H and O–H groups in total. The van der Waals surface area contributed by atoms with Gasteiger partial charge in [0.05, 0.1) is 10.6 Å². The highest BCUT2D eigenvalue weighted by atomic mass is 32.2. The van der Waals surface area contributed by atoms with Crippen LogP contribution >= 0.6 is 11.8 Å². The van der Waals surface area contributed by atoms with Crippen LogP contribution in [-0.4, -0.2) is 46.4 Å². The third-order valence-electron chi connectivity index (χ3n) is 5.18. The summed E-state index contributed by atoms with van der Waals surface area (Å²) in [6.07, 6.45) is 0. The molecule has 0 radical (unpaired) electrons. The molecule has 3 aromatic carbocycles. The predicted molar refractivity (Wildman–Crippen MR) is 134 cm³/mol. The zero-order chi connectivity index (χ0) is 24.7. The molecule has 3 aromatic rings. The summed E-state index contributed by atoms with van der Waals surface area (Å²) < 4.78 is 52.5. The highest BCUT2D eigenvalue weighted by molar-refractivity contribution is 7.98. The molecule has 184 valence electrons. The number of nitrogens with one attached hydrogen (secondary N) is 1. The second-order valence-electron chi connectivity index (χ2n) is 7.68. The van der Waals surface area contributed by atoms with Gasteiger partial charge >= 0.3 is 0 Å². The largest absolute Gasteiger partial charge is 0.486 e. The summed E-state index contributed by atoms with van der Waals surface area (Å²) in [6, 6.07) is 19.2. The van der Waals surface area contributed by atoms with Crippen LogP contribution in [0.4, 0.5) is 10.1 Å². The molecule has 0 bridgehead atoms. The van der Waals surface area contributed by atoms with E-state index in [0.29, 0.717) is 37.0 Å². The van der Waals surface area contributed by atoms with E-state index in [1.165, 1.54) is 35.9 Å². The van der Waals surface area contributed by atoms with E-state index >= 15 is 0 Å². The molecule has 1 heterocycles. The molecule has 1 aliphatic rings. The minimum atomic E-state index is -4.16. The number of sulfonamides is 1. The number of nitrogens with zero attached hydrogens (tertiary/aromatic N) is 1. The predicted octanol–water partition coefficient (Wildman–Crippen LogP) is 3.84. The first-order valence-electron chi connectivity index (χ1n) is 11.0. The highest BCUT2D eigenvalue weighted by Gasteiger charge is 2.29. The van der Waals surface area contributed by atoms with Crippen molar-refractivity contribution >= 4 is 33.4 Å². The smallest absolute Gasteiger partial charge is 0.264 e. The van der Waals surface area contributed by atoms with Gasteiger partial charge in [0.15, 0.2) is 11.5 Å². The number of benzene rings is 3. The van der Waals surface area contributed by atoms with Gasteiger partial charge in [-0.2, -0.15) is 11.8 Å². The van der Waals surface area contributed by atoms with Crippen LogP contribution in [0.3, 0.4) is 0 Å². The van der Waals surface area contributed by atoms with Crippen LogP contribution in [0.15, 0.2) is 77.7 Å². The van der Waals surface area contributed by atoms with Gasteiger partial charge in [-0.3, -0.25) is 9.10 Å². The van der Waals surface area contributed by atoms with Crippen LogP contribution in [0.25, 0.3) is 0 Å². The summed E-state index contributed by atoms with van der Waals surface area (Å²) in [6.45, 7) is 0.622. The molecule has 1 amide bonds. The molecular weight excluding hydrogens is 491 g/mol. The van der Waals surface area contributed by atoms with Crippen LogP contribution < -0.4 is 19.1 Å². The number of thioether (sulfide) groups is 1. The van der Waals surface area contributed by atoms with Crippen LogP contribution in [-0.2, 0) is 20.6 Å². The minimum absolute atomic E-state index is 0.0581. The molecular formula is C25H25FN2O5S2. The van der Waals surface area contributed by atoms with E-state index in [1.54, 1.807) is 11.8 Å². The Balaban J connectivity index is 1.44. The van der Waals surface area contributed by atoms with Crippen molar-refractivity contribution in [2.75, 3.05) is 36.4 Å². The average Bonchev–Trinajstić information content (AvgIpc) is 2.88. The summed E-state index contributed by atoms with van der Waals surface area (Å²) >= 11 is 1.67. The summed E-state index contributed by atoms with van der Waals surface area (Å²) in [5.41, 5.74) is 1.37. The first-order valence-corrected chi connectivity index (χ1v) is 13.6. The Kier molecular flexibility index (Phi) is 8.14. The number of anilines is 1. The number of ether oxygens (including phenoxy) is 2. The number of carbonyl (C=O) groups excluding carboxylic acids is 1. The maximum atomic E-state index is 13.5. The van der Waals surface area contributed by atoms with E-state index in [4.69, 9.17) is 9.47 Å². The number of hydrogen-bond donors (Lipinski definition) is 1. The monoisotopic (exact) mass is 516 g/mol. The van der Waals surface area contributed by atoms with Gasteiger partial charge in [0.1, 0.15) is 25.6 Å². The Morgan fingerprint density at radius 3 is 2.43 bits per heavy atom. The Hall–Kier alpha value is -3.24. The van der Waals surface area contributed by atoms with E-state index < -0.39 is 28.3 Å².